The summed E-state index contributed by atoms with van der Waals surface area (Å²) in [6, 6.07) is 7.35. The van der Waals surface area contributed by atoms with Crippen LogP contribution in [0.5, 0.6) is 0 Å². The van der Waals surface area contributed by atoms with Crippen LogP contribution in [0.2, 0.25) is 0 Å². The number of hydrogen-bond acceptors (Lipinski definition) is 6. The van der Waals surface area contributed by atoms with E-state index in [9.17, 15) is 9.59 Å². The second-order valence-electron chi connectivity index (χ2n) is 8.30. The molecule has 8 nitrogen and oxygen atoms in total. The zero-order valence-electron chi connectivity index (χ0n) is 18.3. The summed E-state index contributed by atoms with van der Waals surface area (Å²) in [5.74, 6) is 0.590. The normalized spacial score (nSPS) is 18.6. The fourth-order valence-corrected chi connectivity index (χ4v) is 4.00. The minimum absolute atomic E-state index is 0.237. The molecular formula is C23H29N5O3. The average molecular weight is 424 g/mol. The molecule has 1 aromatic heterocycles. The number of benzene rings is 1. The molecule has 31 heavy (non-hydrogen) atoms. The molecule has 0 unspecified atom stereocenters. The maximum Gasteiger partial charge on any atom is 0.301 e. The van der Waals surface area contributed by atoms with E-state index in [0.29, 0.717) is 11.3 Å². The van der Waals surface area contributed by atoms with Crippen molar-refractivity contribution in [1.29, 1.82) is 0 Å². The van der Waals surface area contributed by atoms with E-state index in [2.05, 4.69) is 27.9 Å². The van der Waals surface area contributed by atoms with E-state index < -0.39 is 0 Å². The van der Waals surface area contributed by atoms with Gasteiger partial charge in [0.15, 0.2) is 5.76 Å². The molecule has 1 fully saturated rings. The van der Waals surface area contributed by atoms with Crippen molar-refractivity contribution in [3.8, 4) is 0 Å². The average Bonchev–Trinajstić information content (AvgIpc) is 3.11. The molecule has 2 aromatic rings. The molecule has 4 rings (SSSR count). The molecule has 1 aromatic carbocycles. The monoisotopic (exact) mass is 423 g/mol. The lowest BCUT2D eigenvalue weighted by molar-refractivity contribution is 0.0634. The van der Waals surface area contributed by atoms with E-state index in [4.69, 9.17) is 4.42 Å². The number of rotatable bonds is 4. The number of likely N-dealkylation sites (N-methyl/N-ethyl adjacent to an activating group) is 1. The Bertz CT molecular complexity index is 1000. The maximum atomic E-state index is 12.8. The Morgan fingerprint density at radius 1 is 1.00 bits per heavy atom. The summed E-state index contributed by atoms with van der Waals surface area (Å²) < 4.78 is 5.95. The number of furan rings is 1. The number of carbonyl (C=O) groups excluding carboxylic acids is 2. The second kappa shape index (κ2) is 9.03. The van der Waals surface area contributed by atoms with Crippen molar-refractivity contribution in [3.63, 3.8) is 0 Å². The first-order valence-electron chi connectivity index (χ1n) is 10.7. The van der Waals surface area contributed by atoms with Crippen LogP contribution in [-0.2, 0) is 6.42 Å². The van der Waals surface area contributed by atoms with Crippen molar-refractivity contribution in [2.24, 2.45) is 5.10 Å². The lowest BCUT2D eigenvalue weighted by Gasteiger charge is -2.32. The van der Waals surface area contributed by atoms with Crippen molar-refractivity contribution < 1.29 is 14.0 Å². The van der Waals surface area contributed by atoms with Crippen molar-refractivity contribution in [3.05, 3.63) is 58.0 Å². The Labute approximate surface area is 182 Å². The highest BCUT2D eigenvalue weighted by Crippen LogP contribution is 2.30. The van der Waals surface area contributed by atoms with Crippen LogP contribution < -0.4 is 10.9 Å². The number of aryl methyl sites for hydroxylation is 2. The number of hydrogen-bond donors (Lipinski definition) is 2. The Morgan fingerprint density at radius 2 is 1.71 bits per heavy atom. The predicted octanol–water partition coefficient (Wildman–Crippen LogP) is 2.26. The molecule has 164 valence electrons. The maximum absolute atomic E-state index is 12.8. The Kier molecular flexibility index (Phi) is 6.20. The SMILES string of the molecule is Cc1ccc(C(=O)N/N=C2\CCCc3oc(C(=O)NN4CCN(C)CC4)c(C)c32)cc1. The van der Waals surface area contributed by atoms with Crippen LogP contribution in [-0.4, -0.2) is 60.7 Å². The van der Waals surface area contributed by atoms with E-state index in [1.807, 2.05) is 31.0 Å². The number of piperazine rings is 1. The Balaban J connectivity index is 1.49. The summed E-state index contributed by atoms with van der Waals surface area (Å²) in [5, 5.41) is 6.32. The number of hydrazone groups is 1. The van der Waals surface area contributed by atoms with Gasteiger partial charge in [-0.15, -0.1) is 0 Å². The minimum atomic E-state index is -0.256. The quantitative estimate of drug-likeness (QED) is 0.737. The number of amides is 2. The van der Waals surface area contributed by atoms with E-state index in [-0.39, 0.29) is 11.8 Å². The highest BCUT2D eigenvalue weighted by atomic mass is 16.4. The predicted molar refractivity (Wildman–Crippen MR) is 118 cm³/mol. The van der Waals surface area contributed by atoms with E-state index in [1.165, 1.54) is 0 Å². The summed E-state index contributed by atoms with van der Waals surface area (Å²) in [7, 11) is 2.07. The van der Waals surface area contributed by atoms with Gasteiger partial charge in [-0.1, -0.05) is 17.7 Å². The fourth-order valence-electron chi connectivity index (χ4n) is 4.00. The third kappa shape index (κ3) is 4.70. The van der Waals surface area contributed by atoms with Crippen LogP contribution in [0.3, 0.4) is 0 Å². The van der Waals surface area contributed by atoms with E-state index >= 15 is 0 Å². The van der Waals surface area contributed by atoms with Crippen LogP contribution in [0.15, 0.2) is 33.8 Å². The first-order chi connectivity index (χ1) is 14.9. The molecule has 0 radical (unpaired) electrons. The van der Waals surface area contributed by atoms with E-state index in [0.717, 1.165) is 73.6 Å². The fraction of sp³-hybridized carbons (Fsp3) is 0.435. The highest BCUT2D eigenvalue weighted by Gasteiger charge is 2.29. The van der Waals surface area contributed by atoms with Gasteiger partial charge in [-0.05, 0) is 45.9 Å². The largest absolute Gasteiger partial charge is 0.455 e. The number of fused-ring (bicyclic) bond motifs is 1. The third-order valence-corrected chi connectivity index (χ3v) is 5.90. The first kappa shape index (κ1) is 21.3. The molecule has 2 aliphatic rings. The van der Waals surface area contributed by atoms with Gasteiger partial charge < -0.3 is 9.32 Å². The lowest BCUT2D eigenvalue weighted by Crippen LogP contribution is -2.52. The molecule has 2 heterocycles. The Morgan fingerprint density at radius 3 is 2.42 bits per heavy atom. The summed E-state index contributed by atoms with van der Waals surface area (Å²) in [6.07, 6.45) is 2.34. The van der Waals surface area contributed by atoms with Gasteiger partial charge in [0.1, 0.15) is 5.76 Å². The van der Waals surface area contributed by atoms with Crippen molar-refractivity contribution in [2.75, 3.05) is 33.2 Å². The molecule has 1 saturated heterocycles. The smallest absolute Gasteiger partial charge is 0.301 e. The lowest BCUT2D eigenvalue weighted by atomic mass is 9.93. The van der Waals surface area contributed by atoms with Crippen molar-refractivity contribution in [1.82, 2.24) is 20.8 Å². The third-order valence-electron chi connectivity index (χ3n) is 5.90. The van der Waals surface area contributed by atoms with Crippen LogP contribution in [0.25, 0.3) is 0 Å². The summed E-state index contributed by atoms with van der Waals surface area (Å²) in [6.45, 7) is 7.23. The topological polar surface area (TPSA) is 90.2 Å². The van der Waals surface area contributed by atoms with Gasteiger partial charge in [-0.2, -0.15) is 5.10 Å². The molecule has 0 saturated carbocycles. The van der Waals surface area contributed by atoms with Crippen molar-refractivity contribution >= 4 is 17.5 Å². The highest BCUT2D eigenvalue weighted by molar-refractivity contribution is 6.07. The molecule has 1 aliphatic carbocycles. The minimum Gasteiger partial charge on any atom is -0.455 e. The molecule has 2 N–H and O–H groups in total. The van der Waals surface area contributed by atoms with Crippen LogP contribution in [0, 0.1) is 13.8 Å². The van der Waals surface area contributed by atoms with Gasteiger partial charge in [0, 0.05) is 49.3 Å². The molecule has 0 atom stereocenters. The molecule has 0 bridgehead atoms. The second-order valence-corrected chi connectivity index (χ2v) is 8.30. The number of nitrogens with zero attached hydrogens (tertiary/aromatic N) is 3. The molecular weight excluding hydrogens is 394 g/mol. The zero-order chi connectivity index (χ0) is 22.0. The van der Waals surface area contributed by atoms with Gasteiger partial charge in [-0.25, -0.2) is 10.4 Å². The van der Waals surface area contributed by atoms with Crippen molar-refractivity contribution in [2.45, 2.75) is 33.1 Å². The number of nitrogens with one attached hydrogen (secondary N) is 2. The summed E-state index contributed by atoms with van der Waals surface area (Å²) >= 11 is 0. The molecule has 1 aliphatic heterocycles. The number of hydrazine groups is 1. The van der Waals surface area contributed by atoms with Crippen LogP contribution in [0.4, 0.5) is 0 Å². The zero-order valence-corrected chi connectivity index (χ0v) is 18.3. The van der Waals surface area contributed by atoms with Crippen LogP contribution in [0.1, 0.15) is 56.2 Å². The first-order valence-corrected chi connectivity index (χ1v) is 10.7. The molecule has 0 spiro atoms. The molecule has 8 heteroatoms. The van der Waals surface area contributed by atoms with Gasteiger partial charge in [0.25, 0.3) is 5.91 Å². The number of carbonyl (C=O) groups is 2. The van der Waals surface area contributed by atoms with E-state index in [1.54, 1.807) is 12.1 Å². The standard InChI is InChI=1S/C23H29N5O3/c1-15-7-9-17(10-8-15)22(29)25-24-18-5-4-6-19-20(18)16(2)21(31-19)23(30)26-28-13-11-27(3)12-14-28/h7-10H,4-6,11-14H2,1-3H3,(H,25,29)(H,26,30)/b24-18+. The van der Waals surface area contributed by atoms with Gasteiger partial charge in [0.05, 0.1) is 5.71 Å². The Hall–Kier alpha value is -2.97. The molecule has 2 amide bonds. The van der Waals surface area contributed by atoms with Crippen LogP contribution >= 0.6 is 0 Å². The summed E-state index contributed by atoms with van der Waals surface area (Å²) in [5.41, 5.74) is 9.64. The van der Waals surface area contributed by atoms with Gasteiger partial charge in [-0.3, -0.25) is 15.0 Å². The van der Waals surface area contributed by atoms with Gasteiger partial charge >= 0.3 is 5.91 Å². The summed E-state index contributed by atoms with van der Waals surface area (Å²) in [4.78, 5) is 27.5. The van der Waals surface area contributed by atoms with Gasteiger partial charge in [0.2, 0.25) is 0 Å².